The van der Waals surface area contributed by atoms with Gasteiger partial charge in [-0.25, -0.2) is 0 Å². The van der Waals surface area contributed by atoms with Crippen molar-refractivity contribution in [1.82, 2.24) is 0 Å². The summed E-state index contributed by atoms with van der Waals surface area (Å²) in [5, 5.41) is 0. The van der Waals surface area contributed by atoms with Crippen molar-refractivity contribution < 1.29 is 9.13 Å². The first kappa shape index (κ1) is 17.6. The number of pyridine rings is 2. The average Bonchev–Trinajstić information content (AvgIpc) is 2.80. The minimum Gasteiger partial charge on any atom is -0.178 e. The minimum absolute atomic E-state index is 0.154. The molecule has 3 aromatic rings. The lowest BCUT2D eigenvalue weighted by atomic mass is 9.62. The van der Waals surface area contributed by atoms with E-state index in [2.05, 4.69) is 95.6 Å². The monoisotopic (exact) mass is 390 g/mol. The number of rotatable bonds is 0. The molecular formula is C28H26N2+2. The topological polar surface area (TPSA) is 7.76 Å². The predicted molar refractivity (Wildman–Crippen MR) is 120 cm³/mol. The maximum Gasteiger partial charge on any atom is 0.267 e. The fourth-order valence-corrected chi connectivity index (χ4v) is 6.13. The van der Waals surface area contributed by atoms with E-state index in [1.165, 1.54) is 39.4 Å². The molecule has 1 aromatic carbocycles. The lowest BCUT2D eigenvalue weighted by Gasteiger charge is -2.45. The van der Waals surface area contributed by atoms with Gasteiger partial charge in [0.15, 0.2) is 11.9 Å². The zero-order chi connectivity index (χ0) is 20.5. The second kappa shape index (κ2) is 6.12. The third kappa shape index (κ3) is 2.04. The molecule has 3 aliphatic heterocycles. The number of hydrogen-bond donors (Lipinski definition) is 0. The number of fused-ring (bicyclic) bond motifs is 3. The second-order valence-corrected chi connectivity index (χ2v) is 8.72. The molecule has 0 bridgehead atoms. The van der Waals surface area contributed by atoms with Crippen LogP contribution in [-0.4, -0.2) is 0 Å². The Morgan fingerprint density at radius 1 is 0.967 bits per heavy atom. The molecule has 146 valence electrons. The van der Waals surface area contributed by atoms with Gasteiger partial charge in [-0.1, -0.05) is 30.9 Å². The molecule has 2 nitrogen and oxygen atoms in total. The second-order valence-electron chi connectivity index (χ2n) is 8.72. The van der Waals surface area contributed by atoms with E-state index >= 15 is 0 Å². The van der Waals surface area contributed by atoms with E-state index in [0.717, 1.165) is 25.0 Å². The Morgan fingerprint density at radius 2 is 1.77 bits per heavy atom. The van der Waals surface area contributed by atoms with Crippen LogP contribution in [0.15, 0.2) is 91.7 Å². The molecule has 5 heterocycles. The van der Waals surface area contributed by atoms with Crippen LogP contribution in [0.1, 0.15) is 30.3 Å². The van der Waals surface area contributed by atoms with Crippen LogP contribution >= 0.6 is 0 Å². The summed E-state index contributed by atoms with van der Waals surface area (Å²) in [4.78, 5) is 0. The van der Waals surface area contributed by atoms with Crippen LogP contribution in [0.25, 0.3) is 22.5 Å². The predicted octanol–water partition coefficient (Wildman–Crippen LogP) is 4.89. The summed E-state index contributed by atoms with van der Waals surface area (Å²) in [6.45, 7) is 11.5. The van der Waals surface area contributed by atoms with E-state index in [1.807, 2.05) is 0 Å². The Hall–Kier alpha value is -3.26. The Balaban J connectivity index is 1.68. The maximum atomic E-state index is 4.74. The van der Waals surface area contributed by atoms with Crippen LogP contribution in [0, 0.1) is 5.92 Å². The maximum absolute atomic E-state index is 4.74. The Morgan fingerprint density at radius 3 is 2.63 bits per heavy atom. The van der Waals surface area contributed by atoms with Gasteiger partial charge in [-0.05, 0) is 55.7 Å². The van der Waals surface area contributed by atoms with Crippen molar-refractivity contribution in [2.45, 2.75) is 31.7 Å². The SMILES string of the molecule is C=C1/C(=C\C)c2cccc3[n+]2C2(C3)C(=C)[n+]3ccccc3-c3ccccc3CCC12. The molecule has 0 fully saturated rings. The molecule has 6 rings (SSSR count). The molecule has 2 atom stereocenters. The Bertz CT molecular complexity index is 1280. The van der Waals surface area contributed by atoms with Gasteiger partial charge in [0.1, 0.15) is 6.42 Å². The molecule has 0 saturated carbocycles. The average molecular weight is 391 g/mol. The Labute approximate surface area is 178 Å². The molecule has 30 heavy (non-hydrogen) atoms. The first-order valence-corrected chi connectivity index (χ1v) is 10.9. The third-order valence-electron chi connectivity index (χ3n) is 7.47. The molecular weight excluding hydrogens is 364 g/mol. The van der Waals surface area contributed by atoms with Gasteiger partial charge < -0.3 is 0 Å². The van der Waals surface area contributed by atoms with Crippen LogP contribution in [0.3, 0.4) is 0 Å². The quantitative estimate of drug-likeness (QED) is 0.483. The van der Waals surface area contributed by atoms with Crippen LogP contribution in [0.2, 0.25) is 0 Å². The smallest absolute Gasteiger partial charge is 0.178 e. The molecule has 2 heteroatoms. The first-order chi connectivity index (χ1) is 14.7. The summed E-state index contributed by atoms with van der Waals surface area (Å²) in [7, 11) is 0. The summed E-state index contributed by atoms with van der Waals surface area (Å²) in [6.07, 6.45) is 7.54. The molecule has 0 radical (unpaired) electrons. The number of nitrogens with zero attached hydrogens (tertiary/aromatic N) is 2. The highest BCUT2D eigenvalue weighted by molar-refractivity contribution is 5.78. The molecule has 0 saturated heterocycles. The minimum atomic E-state index is -0.154. The van der Waals surface area contributed by atoms with E-state index in [-0.39, 0.29) is 5.54 Å². The van der Waals surface area contributed by atoms with E-state index in [1.54, 1.807) is 0 Å². The third-order valence-corrected chi connectivity index (χ3v) is 7.47. The lowest BCUT2D eigenvalue weighted by Crippen LogP contribution is -2.78. The van der Waals surface area contributed by atoms with Crippen molar-refractivity contribution in [2.24, 2.45) is 5.92 Å². The van der Waals surface area contributed by atoms with Gasteiger partial charge in [0.2, 0.25) is 11.4 Å². The molecule has 3 aliphatic rings. The van der Waals surface area contributed by atoms with Gasteiger partial charge in [-0.3, -0.25) is 0 Å². The van der Waals surface area contributed by atoms with E-state index < -0.39 is 0 Å². The van der Waals surface area contributed by atoms with Gasteiger partial charge in [-0.2, -0.15) is 9.13 Å². The lowest BCUT2D eigenvalue weighted by molar-refractivity contribution is -0.822. The number of allylic oxidation sites excluding steroid dienone is 4. The van der Waals surface area contributed by atoms with E-state index in [4.69, 9.17) is 6.58 Å². The molecule has 0 amide bonds. The zero-order valence-corrected chi connectivity index (χ0v) is 17.4. The van der Waals surface area contributed by atoms with Gasteiger partial charge in [-0.15, -0.1) is 0 Å². The molecule has 0 aliphatic carbocycles. The van der Waals surface area contributed by atoms with E-state index in [0.29, 0.717) is 5.92 Å². The Kier molecular flexibility index (Phi) is 3.59. The van der Waals surface area contributed by atoms with Crippen molar-refractivity contribution >= 4 is 11.3 Å². The van der Waals surface area contributed by atoms with Gasteiger partial charge in [0, 0.05) is 35.4 Å². The normalized spacial score (nSPS) is 25.1. The van der Waals surface area contributed by atoms with Gasteiger partial charge in [0.25, 0.3) is 11.2 Å². The molecule has 1 spiro atoms. The molecule has 2 unspecified atom stereocenters. The van der Waals surface area contributed by atoms with Crippen molar-refractivity contribution in [3.63, 3.8) is 0 Å². The standard InChI is InChI=1S/C28H26N2/c1-4-23-19(2)25-16-15-21-10-5-6-12-24(21)26-13-7-8-17-29(26)20(3)28(25)18-22-11-9-14-27(23)30(22)28/h4-14,17,25H,2-3,15-16,18H2,1H3/q+2/b23-4+. The summed E-state index contributed by atoms with van der Waals surface area (Å²) in [6, 6.07) is 22.0. The van der Waals surface area contributed by atoms with Crippen molar-refractivity contribution in [3.8, 4) is 11.3 Å². The highest BCUT2D eigenvalue weighted by Crippen LogP contribution is 2.51. The number of aryl methyl sites for hydroxylation is 1. The summed E-state index contributed by atoms with van der Waals surface area (Å²) in [5.41, 5.74) is 10.1. The fourth-order valence-electron chi connectivity index (χ4n) is 6.13. The molecule has 0 N–H and O–H groups in total. The summed E-state index contributed by atoms with van der Waals surface area (Å²) < 4.78 is 4.89. The van der Waals surface area contributed by atoms with Gasteiger partial charge in [0.05, 0.1) is 5.92 Å². The van der Waals surface area contributed by atoms with Crippen LogP contribution in [0.4, 0.5) is 0 Å². The first-order valence-electron chi connectivity index (χ1n) is 10.9. The summed E-state index contributed by atoms with van der Waals surface area (Å²) >= 11 is 0. The van der Waals surface area contributed by atoms with Crippen molar-refractivity contribution in [1.29, 1.82) is 0 Å². The zero-order valence-electron chi connectivity index (χ0n) is 17.4. The largest absolute Gasteiger partial charge is 0.267 e. The van der Waals surface area contributed by atoms with Crippen molar-refractivity contribution in [3.05, 3.63) is 109 Å². The van der Waals surface area contributed by atoms with Crippen LogP contribution in [0.5, 0.6) is 0 Å². The highest BCUT2D eigenvalue weighted by Gasteiger charge is 2.68. The summed E-state index contributed by atoms with van der Waals surface area (Å²) in [5.74, 6) is 0.329. The van der Waals surface area contributed by atoms with Crippen LogP contribution < -0.4 is 9.13 Å². The fraction of sp³-hybridized carbons (Fsp3) is 0.214. The van der Waals surface area contributed by atoms with E-state index in [9.17, 15) is 0 Å². The number of benzene rings is 1. The van der Waals surface area contributed by atoms with Gasteiger partial charge >= 0.3 is 0 Å². The van der Waals surface area contributed by atoms with Crippen molar-refractivity contribution in [2.75, 3.05) is 0 Å². The van der Waals surface area contributed by atoms with Crippen LogP contribution in [-0.2, 0) is 18.4 Å². The number of aromatic nitrogens is 2. The number of hydrogen-bond acceptors (Lipinski definition) is 0. The highest BCUT2D eigenvalue weighted by atomic mass is 15.2. The molecule has 2 aromatic heterocycles.